The Morgan fingerprint density at radius 3 is 2.16 bits per heavy atom. The van der Waals surface area contributed by atoms with Gasteiger partial charge in [0, 0.05) is 19.2 Å². The third-order valence-electron chi connectivity index (χ3n) is 5.36. The van der Waals surface area contributed by atoms with Gasteiger partial charge in [-0.3, -0.25) is 19.7 Å². The van der Waals surface area contributed by atoms with Crippen LogP contribution in [-0.2, 0) is 9.59 Å². The summed E-state index contributed by atoms with van der Waals surface area (Å²) >= 11 is 0. The van der Waals surface area contributed by atoms with Gasteiger partial charge in [-0.2, -0.15) is 0 Å². The number of rotatable bonds is 5. The fourth-order valence-electron chi connectivity index (χ4n) is 4.05. The minimum Gasteiger partial charge on any atom is -0.367 e. The molecule has 1 aromatic rings. The van der Waals surface area contributed by atoms with Gasteiger partial charge < -0.3 is 4.90 Å². The highest BCUT2D eigenvalue weighted by molar-refractivity contribution is 6.22. The summed E-state index contributed by atoms with van der Waals surface area (Å²) < 4.78 is 0. The maximum atomic E-state index is 12.7. The van der Waals surface area contributed by atoms with Crippen molar-refractivity contribution in [3.8, 4) is 0 Å². The van der Waals surface area contributed by atoms with Crippen LogP contribution in [0.4, 0.5) is 17.1 Å². The number of nitro groups is 1. The van der Waals surface area contributed by atoms with Crippen molar-refractivity contribution in [2.45, 2.75) is 39.5 Å². The minimum absolute atomic E-state index is 0.0725. The fraction of sp³-hybridized carbons (Fsp3) is 0.556. The molecule has 2 fully saturated rings. The summed E-state index contributed by atoms with van der Waals surface area (Å²) in [6, 6.07) is 4.65. The summed E-state index contributed by atoms with van der Waals surface area (Å²) in [5.41, 5.74) is 0.749. The zero-order chi connectivity index (χ0) is 18.1. The van der Waals surface area contributed by atoms with Crippen LogP contribution in [0, 0.1) is 22.0 Å². The van der Waals surface area contributed by atoms with E-state index in [2.05, 4.69) is 0 Å². The van der Waals surface area contributed by atoms with Crippen LogP contribution in [0.25, 0.3) is 0 Å². The Hall–Kier alpha value is -2.44. The van der Waals surface area contributed by atoms with E-state index in [9.17, 15) is 19.7 Å². The Balaban J connectivity index is 2.00. The molecular formula is C18H23N3O4. The molecule has 0 unspecified atom stereocenters. The van der Waals surface area contributed by atoms with Crippen molar-refractivity contribution in [1.29, 1.82) is 0 Å². The highest BCUT2D eigenvalue weighted by atomic mass is 16.6. The second-order valence-corrected chi connectivity index (χ2v) is 6.61. The number of imide groups is 1. The summed E-state index contributed by atoms with van der Waals surface area (Å²) in [5.74, 6) is -0.940. The van der Waals surface area contributed by atoms with Crippen molar-refractivity contribution in [2.24, 2.45) is 11.8 Å². The molecule has 7 nitrogen and oxygen atoms in total. The van der Waals surface area contributed by atoms with E-state index < -0.39 is 4.92 Å². The first-order chi connectivity index (χ1) is 12.0. The smallest absolute Gasteiger partial charge is 0.294 e. The topological polar surface area (TPSA) is 83.8 Å². The molecule has 2 atom stereocenters. The van der Waals surface area contributed by atoms with Crippen molar-refractivity contribution >= 4 is 28.9 Å². The molecule has 0 N–H and O–H groups in total. The third kappa shape index (κ3) is 2.88. The molecule has 2 aliphatic rings. The van der Waals surface area contributed by atoms with E-state index in [1.807, 2.05) is 18.7 Å². The second kappa shape index (κ2) is 6.82. The lowest BCUT2D eigenvalue weighted by Crippen LogP contribution is -2.31. The summed E-state index contributed by atoms with van der Waals surface area (Å²) in [5, 5.41) is 11.5. The number of anilines is 2. The van der Waals surface area contributed by atoms with E-state index in [1.54, 1.807) is 12.1 Å². The number of carbonyl (C=O) groups excluding carboxylic acids is 2. The molecule has 3 rings (SSSR count). The van der Waals surface area contributed by atoms with Gasteiger partial charge in [-0.25, -0.2) is 4.90 Å². The molecule has 7 heteroatoms. The van der Waals surface area contributed by atoms with Gasteiger partial charge in [0.1, 0.15) is 5.69 Å². The molecule has 0 radical (unpaired) electrons. The highest BCUT2D eigenvalue weighted by Crippen LogP contribution is 2.41. The molecule has 1 saturated heterocycles. The van der Waals surface area contributed by atoms with Gasteiger partial charge in [0.05, 0.1) is 22.4 Å². The van der Waals surface area contributed by atoms with Gasteiger partial charge in [0.15, 0.2) is 0 Å². The molecule has 1 aliphatic carbocycles. The van der Waals surface area contributed by atoms with Crippen LogP contribution in [0.5, 0.6) is 0 Å². The maximum Gasteiger partial charge on any atom is 0.294 e. The number of nitrogens with zero attached hydrogens (tertiary/aromatic N) is 3. The molecule has 25 heavy (non-hydrogen) atoms. The Morgan fingerprint density at radius 1 is 1.12 bits per heavy atom. The number of nitro benzene ring substituents is 1. The van der Waals surface area contributed by atoms with Gasteiger partial charge in [-0.05, 0) is 38.8 Å². The standard InChI is InChI=1S/C18H23N3O4/c1-3-19(4-2)15-10-9-12(11-16(15)21(24)25)20-17(22)13-7-5-6-8-14(13)18(20)23/h9-11,13-14H,3-8H2,1-2H3/t13-,14-/m0/s1. The first kappa shape index (κ1) is 17.4. The van der Waals surface area contributed by atoms with Crippen molar-refractivity contribution in [1.82, 2.24) is 0 Å². The van der Waals surface area contributed by atoms with E-state index in [0.717, 1.165) is 25.7 Å². The summed E-state index contributed by atoms with van der Waals surface area (Å²) in [6.07, 6.45) is 3.36. The van der Waals surface area contributed by atoms with Crippen molar-refractivity contribution < 1.29 is 14.5 Å². The zero-order valence-corrected chi connectivity index (χ0v) is 14.6. The van der Waals surface area contributed by atoms with Gasteiger partial charge >= 0.3 is 0 Å². The highest BCUT2D eigenvalue weighted by Gasteiger charge is 2.49. The van der Waals surface area contributed by atoms with Crippen LogP contribution >= 0.6 is 0 Å². The minimum atomic E-state index is -0.449. The monoisotopic (exact) mass is 345 g/mol. The molecule has 0 bridgehead atoms. The normalized spacial score (nSPS) is 22.9. The number of carbonyl (C=O) groups is 2. The Morgan fingerprint density at radius 2 is 1.68 bits per heavy atom. The summed E-state index contributed by atoms with van der Waals surface area (Å²) in [7, 11) is 0. The van der Waals surface area contributed by atoms with Gasteiger partial charge in [0.25, 0.3) is 5.69 Å². The quantitative estimate of drug-likeness (QED) is 0.465. The van der Waals surface area contributed by atoms with Crippen molar-refractivity contribution in [2.75, 3.05) is 22.9 Å². The molecule has 1 heterocycles. The van der Waals surface area contributed by atoms with Crippen LogP contribution in [0.1, 0.15) is 39.5 Å². The molecule has 1 aromatic carbocycles. The van der Waals surface area contributed by atoms with Crippen LogP contribution < -0.4 is 9.80 Å². The molecule has 0 spiro atoms. The summed E-state index contributed by atoms with van der Waals surface area (Å²) in [4.78, 5) is 39.5. The first-order valence-electron chi connectivity index (χ1n) is 8.90. The SMILES string of the molecule is CCN(CC)c1ccc(N2C(=O)[C@H]3CCCC[C@@H]3C2=O)cc1[N+](=O)[O-]. The van der Waals surface area contributed by atoms with E-state index in [0.29, 0.717) is 24.5 Å². The van der Waals surface area contributed by atoms with Crippen molar-refractivity contribution in [3.05, 3.63) is 28.3 Å². The largest absolute Gasteiger partial charge is 0.367 e. The van der Waals surface area contributed by atoms with E-state index >= 15 is 0 Å². The molecule has 2 amide bonds. The zero-order valence-electron chi connectivity index (χ0n) is 14.6. The van der Waals surface area contributed by atoms with E-state index in [1.165, 1.54) is 11.0 Å². The molecule has 134 valence electrons. The fourth-order valence-corrected chi connectivity index (χ4v) is 4.05. The molecule has 0 aromatic heterocycles. The van der Waals surface area contributed by atoms with Crippen LogP contribution in [0.3, 0.4) is 0 Å². The Bertz CT molecular complexity index is 690. The lowest BCUT2D eigenvalue weighted by atomic mass is 9.81. The average Bonchev–Trinajstić information content (AvgIpc) is 2.87. The molecular weight excluding hydrogens is 322 g/mol. The number of hydrogen-bond donors (Lipinski definition) is 0. The lowest BCUT2D eigenvalue weighted by molar-refractivity contribution is -0.384. The van der Waals surface area contributed by atoms with E-state index in [-0.39, 0.29) is 29.3 Å². The first-order valence-corrected chi connectivity index (χ1v) is 8.90. The third-order valence-corrected chi connectivity index (χ3v) is 5.36. The number of fused-ring (bicyclic) bond motifs is 1. The van der Waals surface area contributed by atoms with Crippen molar-refractivity contribution in [3.63, 3.8) is 0 Å². The molecule has 1 aliphatic heterocycles. The van der Waals surface area contributed by atoms with Crippen LogP contribution in [-0.4, -0.2) is 29.8 Å². The van der Waals surface area contributed by atoms with Crippen LogP contribution in [0.2, 0.25) is 0 Å². The second-order valence-electron chi connectivity index (χ2n) is 6.61. The maximum absolute atomic E-state index is 12.7. The van der Waals surface area contributed by atoms with Crippen LogP contribution in [0.15, 0.2) is 18.2 Å². The van der Waals surface area contributed by atoms with E-state index in [4.69, 9.17) is 0 Å². The Labute approximate surface area is 146 Å². The lowest BCUT2D eigenvalue weighted by Gasteiger charge is -2.22. The number of benzene rings is 1. The number of amides is 2. The predicted octanol–water partition coefficient (Wildman–Crippen LogP) is 3.12. The predicted molar refractivity (Wildman–Crippen MR) is 94.6 cm³/mol. The average molecular weight is 345 g/mol. The number of hydrogen-bond acceptors (Lipinski definition) is 5. The van der Waals surface area contributed by atoms with Gasteiger partial charge in [-0.1, -0.05) is 12.8 Å². The summed E-state index contributed by atoms with van der Waals surface area (Å²) in [6.45, 7) is 5.14. The molecule has 1 saturated carbocycles. The Kier molecular flexibility index (Phi) is 4.74. The van der Waals surface area contributed by atoms with Gasteiger partial charge in [-0.15, -0.1) is 0 Å². The van der Waals surface area contributed by atoms with Gasteiger partial charge in [0.2, 0.25) is 11.8 Å².